The number of hydrogen-bond donors (Lipinski definition) is 1. The van der Waals surface area contributed by atoms with E-state index < -0.39 is 0 Å². The highest BCUT2D eigenvalue weighted by molar-refractivity contribution is 5.96. The minimum absolute atomic E-state index is 0.0135. The number of aryl methyl sites for hydroxylation is 2. The van der Waals surface area contributed by atoms with Crippen LogP contribution in [0.15, 0.2) is 60.7 Å². The lowest BCUT2D eigenvalue weighted by Gasteiger charge is -2.09. The van der Waals surface area contributed by atoms with Gasteiger partial charge in [-0.1, -0.05) is 48.5 Å². The van der Waals surface area contributed by atoms with Crippen LogP contribution in [0.25, 0.3) is 10.8 Å². The molecule has 0 spiro atoms. The summed E-state index contributed by atoms with van der Waals surface area (Å²) in [7, 11) is 0. The molecule has 3 aromatic rings. The molecule has 0 bridgehead atoms. The molecule has 2 nitrogen and oxygen atoms in total. The fourth-order valence-electron chi connectivity index (χ4n) is 2.64. The average molecular weight is 289 g/mol. The second kappa shape index (κ2) is 6.02. The topological polar surface area (TPSA) is 29.1 Å². The molecular weight excluding hydrogens is 270 g/mol. The quantitative estimate of drug-likeness (QED) is 0.748. The molecule has 0 saturated carbocycles. The van der Waals surface area contributed by atoms with Gasteiger partial charge >= 0.3 is 0 Å². The van der Waals surface area contributed by atoms with Crippen LogP contribution in [0.1, 0.15) is 16.7 Å². The van der Waals surface area contributed by atoms with Gasteiger partial charge in [0.2, 0.25) is 5.91 Å². The van der Waals surface area contributed by atoms with Gasteiger partial charge in [0.25, 0.3) is 0 Å². The van der Waals surface area contributed by atoms with E-state index in [9.17, 15) is 4.79 Å². The molecule has 3 aromatic carbocycles. The standard InChI is InChI=1S/C20H19NO/c1-14-10-11-18(12-15(14)2)21-20(22)13-17-8-5-7-16-6-3-4-9-19(16)17/h3-12H,13H2,1-2H3,(H,21,22). The van der Waals surface area contributed by atoms with Crippen LogP contribution >= 0.6 is 0 Å². The van der Waals surface area contributed by atoms with E-state index in [1.807, 2.05) is 42.5 Å². The Balaban J connectivity index is 1.80. The van der Waals surface area contributed by atoms with Gasteiger partial charge in [-0.2, -0.15) is 0 Å². The van der Waals surface area contributed by atoms with Crippen LogP contribution in [-0.4, -0.2) is 5.91 Å². The van der Waals surface area contributed by atoms with E-state index in [2.05, 4.69) is 37.4 Å². The summed E-state index contributed by atoms with van der Waals surface area (Å²) >= 11 is 0. The summed E-state index contributed by atoms with van der Waals surface area (Å²) in [6, 6.07) is 20.2. The molecular formula is C20H19NO. The van der Waals surface area contributed by atoms with Crippen molar-refractivity contribution in [1.82, 2.24) is 0 Å². The third-order valence-corrected chi connectivity index (χ3v) is 4.02. The highest BCUT2D eigenvalue weighted by Crippen LogP contribution is 2.20. The molecule has 22 heavy (non-hydrogen) atoms. The zero-order valence-electron chi connectivity index (χ0n) is 12.9. The van der Waals surface area contributed by atoms with Crippen LogP contribution in [0.5, 0.6) is 0 Å². The van der Waals surface area contributed by atoms with Crippen molar-refractivity contribution >= 4 is 22.4 Å². The molecule has 2 heteroatoms. The molecule has 0 aliphatic rings. The molecule has 3 rings (SSSR count). The maximum atomic E-state index is 12.3. The number of anilines is 1. The first-order valence-corrected chi connectivity index (χ1v) is 7.47. The Bertz CT molecular complexity index is 831. The lowest BCUT2D eigenvalue weighted by molar-refractivity contribution is -0.115. The van der Waals surface area contributed by atoms with E-state index in [0.29, 0.717) is 6.42 Å². The summed E-state index contributed by atoms with van der Waals surface area (Å²) in [5.74, 6) is 0.0135. The van der Waals surface area contributed by atoms with Gasteiger partial charge < -0.3 is 5.32 Å². The van der Waals surface area contributed by atoms with Crippen molar-refractivity contribution in [3.63, 3.8) is 0 Å². The predicted molar refractivity (Wildman–Crippen MR) is 92.2 cm³/mol. The number of carbonyl (C=O) groups excluding carboxylic acids is 1. The number of nitrogens with one attached hydrogen (secondary N) is 1. The van der Waals surface area contributed by atoms with Crippen LogP contribution in [0, 0.1) is 13.8 Å². The van der Waals surface area contributed by atoms with E-state index in [1.54, 1.807) is 0 Å². The molecule has 110 valence electrons. The molecule has 0 saturated heterocycles. The molecule has 0 atom stereocenters. The molecule has 1 amide bonds. The van der Waals surface area contributed by atoms with Crippen molar-refractivity contribution in [2.45, 2.75) is 20.3 Å². The first-order chi connectivity index (χ1) is 10.6. The first kappa shape index (κ1) is 14.3. The second-order valence-electron chi connectivity index (χ2n) is 5.66. The van der Waals surface area contributed by atoms with E-state index in [4.69, 9.17) is 0 Å². The third-order valence-electron chi connectivity index (χ3n) is 4.02. The van der Waals surface area contributed by atoms with Crippen LogP contribution in [-0.2, 0) is 11.2 Å². The summed E-state index contributed by atoms with van der Waals surface area (Å²) in [5.41, 5.74) is 4.32. The van der Waals surface area contributed by atoms with Gasteiger partial charge in [-0.05, 0) is 53.4 Å². The maximum Gasteiger partial charge on any atom is 0.228 e. The van der Waals surface area contributed by atoms with Crippen molar-refractivity contribution in [3.8, 4) is 0 Å². The number of hydrogen-bond acceptors (Lipinski definition) is 1. The Morgan fingerprint density at radius 1 is 0.909 bits per heavy atom. The monoisotopic (exact) mass is 289 g/mol. The third kappa shape index (κ3) is 3.01. The zero-order chi connectivity index (χ0) is 15.5. The lowest BCUT2D eigenvalue weighted by Crippen LogP contribution is -2.14. The largest absolute Gasteiger partial charge is 0.326 e. The SMILES string of the molecule is Cc1ccc(NC(=O)Cc2cccc3ccccc23)cc1C. The number of fused-ring (bicyclic) bond motifs is 1. The molecule has 0 aliphatic heterocycles. The van der Waals surface area contributed by atoms with Gasteiger partial charge in [0.1, 0.15) is 0 Å². The molecule has 0 aromatic heterocycles. The number of carbonyl (C=O) groups is 1. The Morgan fingerprint density at radius 3 is 2.50 bits per heavy atom. The Kier molecular flexibility index (Phi) is 3.92. The van der Waals surface area contributed by atoms with E-state index in [0.717, 1.165) is 16.6 Å². The van der Waals surface area contributed by atoms with Crippen molar-refractivity contribution in [2.75, 3.05) is 5.32 Å². The summed E-state index contributed by atoms with van der Waals surface area (Å²) in [5, 5.41) is 5.29. The van der Waals surface area contributed by atoms with Crippen LogP contribution < -0.4 is 5.32 Å². The maximum absolute atomic E-state index is 12.3. The summed E-state index contributed by atoms with van der Waals surface area (Å²) in [4.78, 5) is 12.3. The van der Waals surface area contributed by atoms with Gasteiger partial charge in [-0.3, -0.25) is 4.79 Å². The number of amides is 1. The van der Waals surface area contributed by atoms with Crippen molar-refractivity contribution < 1.29 is 4.79 Å². The Labute approximate surface area is 130 Å². The van der Waals surface area contributed by atoms with E-state index >= 15 is 0 Å². The van der Waals surface area contributed by atoms with Gasteiger partial charge in [0.15, 0.2) is 0 Å². The highest BCUT2D eigenvalue weighted by atomic mass is 16.1. The average Bonchev–Trinajstić information content (AvgIpc) is 2.51. The first-order valence-electron chi connectivity index (χ1n) is 7.47. The minimum atomic E-state index is 0.0135. The summed E-state index contributed by atoms with van der Waals surface area (Å²) in [6.45, 7) is 4.12. The molecule has 1 N–H and O–H groups in total. The second-order valence-corrected chi connectivity index (χ2v) is 5.66. The van der Waals surface area contributed by atoms with Crippen molar-refractivity contribution in [2.24, 2.45) is 0 Å². The van der Waals surface area contributed by atoms with Crippen molar-refractivity contribution in [3.05, 3.63) is 77.4 Å². The van der Waals surface area contributed by atoms with Gasteiger partial charge in [-0.15, -0.1) is 0 Å². The molecule has 0 aliphatic carbocycles. The number of benzene rings is 3. The molecule has 0 radical (unpaired) electrons. The fraction of sp³-hybridized carbons (Fsp3) is 0.150. The van der Waals surface area contributed by atoms with Crippen LogP contribution in [0.3, 0.4) is 0 Å². The predicted octanol–water partition coefficient (Wildman–Crippen LogP) is 4.64. The van der Waals surface area contributed by atoms with Gasteiger partial charge in [0.05, 0.1) is 6.42 Å². The van der Waals surface area contributed by atoms with E-state index in [1.165, 1.54) is 16.5 Å². The number of rotatable bonds is 3. The summed E-state index contributed by atoms with van der Waals surface area (Å²) in [6.07, 6.45) is 0.383. The highest BCUT2D eigenvalue weighted by Gasteiger charge is 2.07. The molecule has 0 unspecified atom stereocenters. The fourth-order valence-corrected chi connectivity index (χ4v) is 2.64. The lowest BCUT2D eigenvalue weighted by atomic mass is 10.0. The minimum Gasteiger partial charge on any atom is -0.326 e. The molecule has 0 heterocycles. The Morgan fingerprint density at radius 2 is 1.68 bits per heavy atom. The van der Waals surface area contributed by atoms with Gasteiger partial charge in [-0.25, -0.2) is 0 Å². The summed E-state index contributed by atoms with van der Waals surface area (Å²) < 4.78 is 0. The smallest absolute Gasteiger partial charge is 0.228 e. The van der Waals surface area contributed by atoms with Crippen molar-refractivity contribution in [1.29, 1.82) is 0 Å². The van der Waals surface area contributed by atoms with Crippen LogP contribution in [0.2, 0.25) is 0 Å². The normalized spacial score (nSPS) is 10.6. The van der Waals surface area contributed by atoms with E-state index in [-0.39, 0.29) is 5.91 Å². The Hall–Kier alpha value is -2.61. The zero-order valence-corrected chi connectivity index (χ0v) is 12.9. The molecule has 0 fully saturated rings. The van der Waals surface area contributed by atoms with Gasteiger partial charge in [0, 0.05) is 5.69 Å². The van der Waals surface area contributed by atoms with Crippen LogP contribution in [0.4, 0.5) is 5.69 Å².